The predicted octanol–water partition coefficient (Wildman–Crippen LogP) is 4.41. The molecule has 0 saturated heterocycles. The molecule has 0 heterocycles. The number of carbonyl (C=O) groups is 3. The quantitative estimate of drug-likeness (QED) is 0.466. The molecule has 0 fully saturated rings. The average molecular weight is 458 g/mol. The topological polar surface area (TPSA) is 87.7 Å². The number of esters is 1. The van der Waals surface area contributed by atoms with E-state index in [2.05, 4.69) is 10.6 Å². The number of para-hydroxylation sites is 1. The van der Waals surface area contributed by atoms with Crippen molar-refractivity contribution in [1.82, 2.24) is 5.32 Å². The molecule has 0 aromatic heterocycles. The molecular weight excluding hydrogens is 430 g/mol. The van der Waals surface area contributed by atoms with Gasteiger partial charge in [0.1, 0.15) is 13.2 Å². The Kier molecular flexibility index (Phi) is 8.99. The van der Waals surface area contributed by atoms with E-state index in [9.17, 15) is 14.4 Å². The number of carbonyl (C=O) groups excluding carboxylic acids is 3. The molecule has 2 N–H and O–H groups in total. The van der Waals surface area contributed by atoms with Crippen molar-refractivity contribution in [2.45, 2.75) is 6.92 Å². The van der Waals surface area contributed by atoms with Crippen molar-refractivity contribution in [3.8, 4) is 0 Å². The first-order chi connectivity index (χ1) is 16.5. The van der Waals surface area contributed by atoms with Crippen LogP contribution >= 0.6 is 0 Å². The van der Waals surface area contributed by atoms with Crippen LogP contribution < -0.4 is 15.5 Å². The van der Waals surface area contributed by atoms with E-state index in [-0.39, 0.29) is 19.7 Å². The number of rotatable bonds is 9. The van der Waals surface area contributed by atoms with Crippen LogP contribution in [-0.4, -0.2) is 37.6 Å². The van der Waals surface area contributed by atoms with Gasteiger partial charge in [-0.1, -0.05) is 66.7 Å². The molecule has 34 heavy (non-hydrogen) atoms. The lowest BCUT2D eigenvalue weighted by Gasteiger charge is -2.22. The van der Waals surface area contributed by atoms with Crippen LogP contribution in [0.2, 0.25) is 0 Å². The molecule has 3 amide bonds. The smallest absolute Gasteiger partial charge is 0.326 e. The highest BCUT2D eigenvalue weighted by molar-refractivity contribution is 6.01. The number of ether oxygens (including phenoxy) is 1. The van der Waals surface area contributed by atoms with E-state index in [1.807, 2.05) is 67.6 Å². The minimum Gasteiger partial charge on any atom is -0.460 e. The van der Waals surface area contributed by atoms with Gasteiger partial charge in [0.2, 0.25) is 5.91 Å². The maximum Gasteiger partial charge on any atom is 0.326 e. The molecular formula is C27H27N3O4. The maximum absolute atomic E-state index is 12.9. The number of hydrogen-bond donors (Lipinski definition) is 2. The summed E-state index contributed by atoms with van der Waals surface area (Å²) >= 11 is 0. The molecule has 0 aliphatic carbocycles. The molecule has 7 nitrogen and oxygen atoms in total. The lowest BCUT2D eigenvalue weighted by atomic mass is 10.2. The van der Waals surface area contributed by atoms with Crippen LogP contribution in [0.5, 0.6) is 0 Å². The Bertz CT molecular complexity index is 1130. The van der Waals surface area contributed by atoms with Crippen molar-refractivity contribution >= 4 is 35.4 Å². The highest BCUT2D eigenvalue weighted by Gasteiger charge is 2.20. The van der Waals surface area contributed by atoms with Gasteiger partial charge >= 0.3 is 12.0 Å². The Morgan fingerprint density at radius 1 is 0.912 bits per heavy atom. The second kappa shape index (κ2) is 12.6. The Balaban J connectivity index is 1.54. The van der Waals surface area contributed by atoms with Crippen LogP contribution in [0.1, 0.15) is 11.1 Å². The highest BCUT2D eigenvalue weighted by atomic mass is 16.5. The van der Waals surface area contributed by atoms with Crippen LogP contribution in [-0.2, 0) is 14.3 Å². The number of urea groups is 1. The molecule has 0 aliphatic heterocycles. The van der Waals surface area contributed by atoms with E-state index < -0.39 is 17.9 Å². The molecule has 0 spiro atoms. The Hall–Kier alpha value is -4.39. The number of amides is 3. The summed E-state index contributed by atoms with van der Waals surface area (Å²) < 4.78 is 5.26. The van der Waals surface area contributed by atoms with E-state index in [0.717, 1.165) is 11.1 Å². The molecule has 0 bridgehead atoms. The van der Waals surface area contributed by atoms with Gasteiger partial charge in [0.05, 0.1) is 6.54 Å². The largest absolute Gasteiger partial charge is 0.460 e. The SMILES string of the molecule is Cc1cccc(NC(=O)NCC(=O)N(CC(=O)OC/C=C/c2ccccc2)c2ccccc2)c1. The van der Waals surface area contributed by atoms with Crippen molar-refractivity contribution in [3.05, 3.63) is 102 Å². The summed E-state index contributed by atoms with van der Waals surface area (Å²) in [7, 11) is 0. The zero-order valence-corrected chi connectivity index (χ0v) is 18.9. The minimum atomic E-state index is -0.556. The van der Waals surface area contributed by atoms with Gasteiger partial charge in [0, 0.05) is 11.4 Å². The third kappa shape index (κ3) is 7.94. The number of benzene rings is 3. The van der Waals surface area contributed by atoms with Crippen molar-refractivity contribution in [3.63, 3.8) is 0 Å². The molecule has 174 valence electrons. The van der Waals surface area contributed by atoms with Gasteiger partial charge in [-0.3, -0.25) is 14.5 Å². The molecule has 0 radical (unpaired) electrons. The van der Waals surface area contributed by atoms with Gasteiger partial charge in [-0.25, -0.2) is 4.79 Å². The van der Waals surface area contributed by atoms with Gasteiger partial charge in [-0.15, -0.1) is 0 Å². The number of aryl methyl sites for hydroxylation is 1. The molecule has 0 unspecified atom stereocenters. The lowest BCUT2D eigenvalue weighted by Crippen LogP contribution is -2.44. The molecule has 0 aliphatic rings. The van der Waals surface area contributed by atoms with Crippen LogP contribution in [0.15, 0.2) is 91.0 Å². The van der Waals surface area contributed by atoms with Gasteiger partial charge in [0.25, 0.3) is 0 Å². The maximum atomic E-state index is 12.9. The fourth-order valence-corrected chi connectivity index (χ4v) is 3.14. The summed E-state index contributed by atoms with van der Waals surface area (Å²) in [6.07, 6.45) is 3.59. The minimum absolute atomic E-state index is 0.0850. The Morgan fingerprint density at radius 3 is 2.32 bits per heavy atom. The third-order valence-corrected chi connectivity index (χ3v) is 4.78. The second-order valence-corrected chi connectivity index (χ2v) is 7.49. The van der Waals surface area contributed by atoms with Crippen molar-refractivity contribution in [2.75, 3.05) is 29.9 Å². The van der Waals surface area contributed by atoms with Crippen LogP contribution in [0.25, 0.3) is 6.08 Å². The molecule has 3 rings (SSSR count). The monoisotopic (exact) mass is 457 g/mol. The zero-order valence-electron chi connectivity index (χ0n) is 18.9. The van der Waals surface area contributed by atoms with E-state index in [4.69, 9.17) is 4.74 Å². The third-order valence-electron chi connectivity index (χ3n) is 4.78. The summed E-state index contributed by atoms with van der Waals surface area (Å²) in [6.45, 7) is 1.44. The van der Waals surface area contributed by atoms with E-state index >= 15 is 0 Å². The van der Waals surface area contributed by atoms with Crippen molar-refractivity contribution in [2.24, 2.45) is 0 Å². The predicted molar refractivity (Wildman–Crippen MR) is 133 cm³/mol. The van der Waals surface area contributed by atoms with Gasteiger partial charge in [-0.05, 0) is 48.4 Å². The van der Waals surface area contributed by atoms with Crippen LogP contribution in [0.3, 0.4) is 0 Å². The number of nitrogens with zero attached hydrogens (tertiary/aromatic N) is 1. The molecule has 3 aromatic rings. The molecule has 0 saturated carbocycles. The van der Waals surface area contributed by atoms with Gasteiger partial charge < -0.3 is 15.4 Å². The first-order valence-electron chi connectivity index (χ1n) is 10.9. The summed E-state index contributed by atoms with van der Waals surface area (Å²) in [5.74, 6) is -0.999. The fraction of sp³-hybridized carbons (Fsp3) is 0.148. The van der Waals surface area contributed by atoms with Gasteiger partial charge in [-0.2, -0.15) is 0 Å². The van der Waals surface area contributed by atoms with Crippen molar-refractivity contribution < 1.29 is 19.1 Å². The van der Waals surface area contributed by atoms with Gasteiger partial charge in [0.15, 0.2) is 0 Å². The summed E-state index contributed by atoms with van der Waals surface area (Å²) in [6, 6.07) is 25.2. The van der Waals surface area contributed by atoms with E-state index in [1.54, 1.807) is 36.4 Å². The molecule has 0 atom stereocenters. The summed E-state index contributed by atoms with van der Waals surface area (Å²) in [5.41, 5.74) is 3.15. The first-order valence-corrected chi connectivity index (χ1v) is 10.9. The fourth-order valence-electron chi connectivity index (χ4n) is 3.14. The molecule has 3 aromatic carbocycles. The second-order valence-electron chi connectivity index (χ2n) is 7.49. The van der Waals surface area contributed by atoms with Crippen LogP contribution in [0.4, 0.5) is 16.2 Å². The van der Waals surface area contributed by atoms with Crippen molar-refractivity contribution in [1.29, 1.82) is 0 Å². The summed E-state index contributed by atoms with van der Waals surface area (Å²) in [4.78, 5) is 38.8. The normalized spacial score (nSPS) is 10.5. The first kappa shape index (κ1) is 24.3. The van der Waals surface area contributed by atoms with E-state index in [0.29, 0.717) is 11.4 Å². The molecule has 7 heteroatoms. The summed E-state index contributed by atoms with van der Waals surface area (Å²) in [5, 5.41) is 5.23. The van der Waals surface area contributed by atoms with E-state index in [1.165, 1.54) is 4.90 Å². The number of anilines is 2. The van der Waals surface area contributed by atoms with Crippen LogP contribution in [0, 0.1) is 6.92 Å². The number of nitrogens with one attached hydrogen (secondary N) is 2. The number of hydrogen-bond acceptors (Lipinski definition) is 4. The lowest BCUT2D eigenvalue weighted by molar-refractivity contribution is -0.141. The average Bonchev–Trinajstić information content (AvgIpc) is 2.85. The highest BCUT2D eigenvalue weighted by Crippen LogP contribution is 2.14. The zero-order chi connectivity index (χ0) is 24.2. The Morgan fingerprint density at radius 2 is 1.62 bits per heavy atom. The Labute approximate surface area is 199 Å². The standard InChI is InChI=1S/C27H27N3O4/c1-21-10-8-14-23(18-21)29-27(33)28-19-25(31)30(24-15-6-3-7-16-24)20-26(32)34-17-9-13-22-11-4-2-5-12-22/h2-16,18H,17,19-20H2,1H3,(H2,28,29,33)/b13-9+.